The summed E-state index contributed by atoms with van der Waals surface area (Å²) in [5, 5.41) is 17.8. The number of carboxylic acid groups (broad SMARTS) is 1. The molecule has 0 unspecified atom stereocenters. The van der Waals surface area contributed by atoms with Gasteiger partial charge in [0.15, 0.2) is 5.75 Å². The Morgan fingerprint density at radius 1 is 1.17 bits per heavy atom. The van der Waals surface area contributed by atoms with Crippen molar-refractivity contribution in [2.24, 2.45) is 0 Å². The van der Waals surface area contributed by atoms with E-state index in [1.807, 2.05) is 6.92 Å². The first-order valence-corrected chi connectivity index (χ1v) is 8.42. The van der Waals surface area contributed by atoms with Gasteiger partial charge in [0.2, 0.25) is 9.84 Å². The molecule has 0 atom stereocenters. The van der Waals surface area contributed by atoms with Gasteiger partial charge in [0, 0.05) is 6.07 Å². The number of methoxy groups -OCH3 is 1. The molecule has 24 heavy (non-hydrogen) atoms. The van der Waals surface area contributed by atoms with Crippen LogP contribution in [0.2, 0.25) is 0 Å². The van der Waals surface area contributed by atoms with Crippen LogP contribution in [-0.4, -0.2) is 38.3 Å². The third-order valence-corrected chi connectivity index (χ3v) is 5.04. The molecule has 2 N–H and O–H groups in total. The van der Waals surface area contributed by atoms with Gasteiger partial charge in [-0.15, -0.1) is 0 Å². The second kappa shape index (κ2) is 6.79. The molecule has 7 nitrogen and oxygen atoms in total. The van der Waals surface area contributed by atoms with Gasteiger partial charge in [-0.25, -0.2) is 13.2 Å². The lowest BCUT2D eigenvalue weighted by Gasteiger charge is -2.20. The van der Waals surface area contributed by atoms with Crippen LogP contribution in [0.5, 0.6) is 17.2 Å². The lowest BCUT2D eigenvalue weighted by molar-refractivity contribution is 0.0693. The normalized spacial score (nSPS) is 13.1. The van der Waals surface area contributed by atoms with Crippen LogP contribution in [-0.2, 0) is 9.84 Å². The summed E-state index contributed by atoms with van der Waals surface area (Å²) in [5.74, 6) is -0.475. The highest BCUT2D eigenvalue weighted by atomic mass is 32.2. The number of rotatable bonds is 4. The van der Waals surface area contributed by atoms with Crippen LogP contribution in [0.15, 0.2) is 46.2 Å². The third-order valence-electron chi connectivity index (χ3n) is 3.24. The van der Waals surface area contributed by atoms with Gasteiger partial charge in [-0.2, -0.15) is 0 Å². The number of hydrogen-bond acceptors (Lipinski definition) is 6. The quantitative estimate of drug-likeness (QED) is 0.741. The van der Waals surface area contributed by atoms with Gasteiger partial charge in [0.25, 0.3) is 0 Å². The highest BCUT2D eigenvalue weighted by Gasteiger charge is 2.36. The summed E-state index contributed by atoms with van der Waals surface area (Å²) < 4.78 is 32.2. The lowest BCUT2D eigenvalue weighted by Crippen LogP contribution is -2.15. The van der Waals surface area contributed by atoms with Crippen molar-refractivity contribution < 1.29 is 32.9 Å². The van der Waals surface area contributed by atoms with Crippen molar-refractivity contribution in [1.29, 1.82) is 0 Å². The summed E-state index contributed by atoms with van der Waals surface area (Å²) in [4.78, 5) is 11.1. The van der Waals surface area contributed by atoms with Crippen LogP contribution >= 0.6 is 0 Å². The molecule has 2 bridgehead atoms. The number of aromatic carboxylic acids is 1. The summed E-state index contributed by atoms with van der Waals surface area (Å²) >= 11 is 0. The van der Waals surface area contributed by atoms with Crippen LogP contribution in [0.4, 0.5) is 0 Å². The van der Waals surface area contributed by atoms with Gasteiger partial charge >= 0.3 is 5.97 Å². The maximum absolute atomic E-state index is 11.1. The summed E-state index contributed by atoms with van der Waals surface area (Å²) in [6.07, 6.45) is 0. The number of aromatic hydroxyl groups is 1. The molecule has 0 amide bonds. The van der Waals surface area contributed by atoms with Gasteiger partial charge in [-0.1, -0.05) is 6.07 Å². The van der Waals surface area contributed by atoms with Crippen LogP contribution in [0.25, 0.3) is 0 Å². The van der Waals surface area contributed by atoms with Crippen LogP contribution in [0.3, 0.4) is 0 Å². The minimum Gasteiger partial charge on any atom is -0.507 e. The van der Waals surface area contributed by atoms with Crippen molar-refractivity contribution >= 4 is 15.8 Å². The molecule has 0 spiro atoms. The van der Waals surface area contributed by atoms with E-state index in [9.17, 15) is 18.3 Å². The Kier molecular flexibility index (Phi) is 4.99. The molecule has 0 fully saturated rings. The van der Waals surface area contributed by atoms with Gasteiger partial charge in [-0.05, 0) is 31.2 Å². The molecule has 0 radical (unpaired) electrons. The monoisotopic (exact) mass is 352 g/mol. The van der Waals surface area contributed by atoms with Crippen molar-refractivity contribution in [3.8, 4) is 17.2 Å². The number of para-hydroxylation sites is 1. The third kappa shape index (κ3) is 3.13. The van der Waals surface area contributed by atoms with Crippen molar-refractivity contribution in [3.05, 3.63) is 42.0 Å². The van der Waals surface area contributed by atoms with E-state index in [-0.39, 0.29) is 11.3 Å². The molecule has 2 aliphatic rings. The van der Waals surface area contributed by atoms with E-state index in [4.69, 9.17) is 14.6 Å². The zero-order valence-corrected chi connectivity index (χ0v) is 13.8. The molecule has 2 aromatic carbocycles. The predicted molar refractivity (Wildman–Crippen MR) is 84.7 cm³/mol. The number of phenols is 1. The molecule has 0 aromatic heterocycles. The fourth-order valence-corrected chi connectivity index (χ4v) is 3.61. The van der Waals surface area contributed by atoms with E-state index in [1.54, 1.807) is 18.2 Å². The summed E-state index contributed by atoms with van der Waals surface area (Å²) in [5.41, 5.74) is -0.122. The minimum atomic E-state index is -3.10. The molecular formula is C16H16O7S. The van der Waals surface area contributed by atoms with Crippen molar-refractivity contribution in [3.63, 3.8) is 0 Å². The number of benzene rings is 2. The highest BCUT2D eigenvalue weighted by Crippen LogP contribution is 2.44. The summed E-state index contributed by atoms with van der Waals surface area (Å²) in [7, 11) is -1.63. The molecule has 8 heteroatoms. The van der Waals surface area contributed by atoms with Gasteiger partial charge in [0.1, 0.15) is 26.9 Å². The molecule has 0 aliphatic carbocycles. The van der Waals surface area contributed by atoms with Crippen molar-refractivity contribution in [1.82, 2.24) is 0 Å². The summed E-state index contributed by atoms with van der Waals surface area (Å²) in [6.45, 7) is 2.29. The summed E-state index contributed by atoms with van der Waals surface area (Å²) in [6, 6.07) is 8.89. The smallest absolute Gasteiger partial charge is 0.339 e. The van der Waals surface area contributed by atoms with Gasteiger partial charge < -0.3 is 19.7 Å². The van der Waals surface area contributed by atoms with Crippen LogP contribution in [0.1, 0.15) is 17.3 Å². The number of ether oxygens (including phenoxy) is 2. The maximum atomic E-state index is 11.1. The molecule has 4 rings (SSSR count). The molecule has 0 saturated carbocycles. The Bertz CT molecular complexity index is 844. The highest BCUT2D eigenvalue weighted by molar-refractivity contribution is 7.93. The standard InChI is InChI=1S/C9H10O4.C7H6O3S/c1-2-13-6-3-4-7(9(11)12)8(10)5-6;1-10-7-5-3-2-4-6(7)11(5,8)9/h3-5,10H,2H2,1H3,(H,11,12);2-4H,1H3. The Labute approximate surface area is 139 Å². The van der Waals surface area contributed by atoms with Crippen molar-refractivity contribution in [2.75, 3.05) is 13.7 Å². The molecule has 128 valence electrons. The number of carboxylic acids is 1. The fourth-order valence-electron chi connectivity index (χ4n) is 2.14. The molecule has 2 aliphatic heterocycles. The van der Waals surface area contributed by atoms with E-state index < -0.39 is 15.8 Å². The zero-order valence-electron chi connectivity index (χ0n) is 13.0. The molecular weight excluding hydrogens is 336 g/mol. The first kappa shape index (κ1) is 17.6. The Morgan fingerprint density at radius 2 is 1.79 bits per heavy atom. The Morgan fingerprint density at radius 3 is 2.17 bits per heavy atom. The Hall–Kier alpha value is -2.74. The van der Waals surface area contributed by atoms with Gasteiger partial charge in [-0.3, -0.25) is 0 Å². The van der Waals surface area contributed by atoms with E-state index in [0.29, 0.717) is 27.9 Å². The van der Waals surface area contributed by atoms with E-state index >= 15 is 0 Å². The van der Waals surface area contributed by atoms with Gasteiger partial charge in [0.05, 0.1) is 13.7 Å². The maximum Gasteiger partial charge on any atom is 0.339 e. The SMILES string of the molecule is CCOc1ccc(C(=O)O)c(O)c1.COc1c2cccc1S2(=O)=O. The number of fused-ring (bicyclic) bond motifs is 2. The number of hydrogen-bond donors (Lipinski definition) is 2. The van der Waals surface area contributed by atoms with E-state index in [2.05, 4.69) is 0 Å². The van der Waals surface area contributed by atoms with E-state index in [0.717, 1.165) is 0 Å². The van der Waals surface area contributed by atoms with E-state index in [1.165, 1.54) is 25.3 Å². The van der Waals surface area contributed by atoms with Crippen LogP contribution < -0.4 is 9.47 Å². The first-order chi connectivity index (χ1) is 11.3. The number of sulfone groups is 1. The largest absolute Gasteiger partial charge is 0.507 e. The van der Waals surface area contributed by atoms with Crippen LogP contribution in [0, 0.1) is 0 Å². The first-order valence-electron chi connectivity index (χ1n) is 6.94. The topological polar surface area (TPSA) is 110 Å². The Balaban J connectivity index is 0.000000175. The average molecular weight is 352 g/mol. The second-order valence-electron chi connectivity index (χ2n) is 4.71. The van der Waals surface area contributed by atoms with Crippen molar-refractivity contribution in [2.45, 2.75) is 16.7 Å². The fraction of sp³-hybridized carbons (Fsp3) is 0.188. The lowest BCUT2D eigenvalue weighted by atomic mass is 10.2. The minimum absolute atomic E-state index is 0.122. The molecule has 2 heterocycles. The predicted octanol–water partition coefficient (Wildman–Crippen LogP) is 2.33. The average Bonchev–Trinajstić information content (AvgIpc) is 2.54. The zero-order chi connectivity index (χ0) is 17.9. The molecule has 0 saturated heterocycles. The number of carbonyl (C=O) groups is 1. The molecule has 2 aromatic rings. The second-order valence-corrected chi connectivity index (χ2v) is 6.59.